The Labute approximate surface area is 183 Å². The lowest BCUT2D eigenvalue weighted by atomic mass is 10.0. The first-order valence-corrected chi connectivity index (χ1v) is 9.55. The number of carbonyl (C=O) groups excluding carboxylic acids is 1. The molecule has 1 amide bonds. The van der Waals surface area contributed by atoms with Gasteiger partial charge in [0.2, 0.25) is 0 Å². The van der Waals surface area contributed by atoms with Crippen LogP contribution >= 0.6 is 36.2 Å². The van der Waals surface area contributed by atoms with Crippen LogP contribution < -0.4 is 15.2 Å². The van der Waals surface area contributed by atoms with Gasteiger partial charge in [-0.2, -0.15) is 0 Å². The number of halogens is 2. The molecule has 0 saturated carbocycles. The number of hydrogen-bond donors (Lipinski definition) is 1. The molecule has 0 aliphatic rings. The van der Waals surface area contributed by atoms with Gasteiger partial charge in [-0.3, -0.25) is 4.79 Å². The fraction of sp³-hybridized carbons (Fsp3) is 0.474. The third-order valence-electron chi connectivity index (χ3n) is 4.27. The summed E-state index contributed by atoms with van der Waals surface area (Å²) in [6.45, 7) is 5.14. The van der Waals surface area contributed by atoms with Crippen LogP contribution in [0.4, 0.5) is 0 Å². The van der Waals surface area contributed by atoms with Crippen molar-refractivity contribution in [2.75, 3.05) is 20.7 Å². The molecule has 0 bridgehead atoms. The van der Waals surface area contributed by atoms with Gasteiger partial charge in [-0.15, -0.1) is 36.2 Å². The fourth-order valence-electron chi connectivity index (χ4n) is 2.38. The molecule has 2 aromatic rings. The molecule has 2 N–H and O–H groups in total. The quantitative estimate of drug-likeness (QED) is 0.625. The Balaban J connectivity index is 0.00000364. The van der Waals surface area contributed by atoms with E-state index in [-0.39, 0.29) is 36.8 Å². The van der Waals surface area contributed by atoms with E-state index in [1.54, 1.807) is 42.8 Å². The third kappa shape index (κ3) is 7.47. The highest BCUT2D eigenvalue weighted by atomic mass is 35.5. The number of aromatic nitrogens is 1. The molecule has 158 valence electrons. The lowest BCUT2D eigenvalue weighted by molar-refractivity contribution is 0.0788. The molecular formula is C19H29Cl2N3O3S. The summed E-state index contributed by atoms with van der Waals surface area (Å²) in [5, 5.41) is 1.93. The molecule has 1 heterocycles. The highest BCUT2D eigenvalue weighted by Gasteiger charge is 2.17. The van der Waals surface area contributed by atoms with Crippen molar-refractivity contribution in [2.24, 2.45) is 11.7 Å². The van der Waals surface area contributed by atoms with Crippen molar-refractivity contribution < 1.29 is 14.3 Å². The molecule has 6 nitrogen and oxygen atoms in total. The van der Waals surface area contributed by atoms with Gasteiger partial charge in [0.25, 0.3) is 5.91 Å². The van der Waals surface area contributed by atoms with Crippen LogP contribution in [0.1, 0.15) is 36.3 Å². The number of thiazole rings is 1. The Bertz CT molecular complexity index is 714. The van der Waals surface area contributed by atoms with Crippen LogP contribution in [0, 0.1) is 5.92 Å². The predicted octanol–water partition coefficient (Wildman–Crippen LogP) is 4.02. The Kier molecular flexibility index (Phi) is 12.1. The molecule has 28 heavy (non-hydrogen) atoms. The molecule has 2 rings (SSSR count). The van der Waals surface area contributed by atoms with E-state index in [1.165, 1.54) is 11.3 Å². The summed E-state index contributed by atoms with van der Waals surface area (Å²) in [6.07, 6.45) is 0.770. The number of nitrogens with two attached hydrogens (primary N) is 1. The minimum Gasteiger partial charge on any atom is -0.493 e. The average molecular weight is 450 g/mol. The van der Waals surface area contributed by atoms with E-state index in [2.05, 4.69) is 18.8 Å². The van der Waals surface area contributed by atoms with Crippen molar-refractivity contribution in [1.82, 2.24) is 9.88 Å². The maximum atomic E-state index is 12.6. The molecule has 0 aliphatic heterocycles. The second-order valence-electron chi connectivity index (χ2n) is 6.56. The van der Waals surface area contributed by atoms with Crippen LogP contribution in [0.3, 0.4) is 0 Å². The minimum atomic E-state index is -0.0645. The minimum absolute atomic E-state index is 0. The van der Waals surface area contributed by atoms with Crippen molar-refractivity contribution in [3.8, 4) is 11.5 Å². The Morgan fingerprint density at radius 3 is 2.57 bits per heavy atom. The third-order valence-corrected chi connectivity index (χ3v) is 4.91. The van der Waals surface area contributed by atoms with E-state index in [0.717, 1.165) is 12.1 Å². The van der Waals surface area contributed by atoms with Crippen molar-refractivity contribution in [2.45, 2.75) is 32.9 Å². The number of benzene rings is 1. The monoisotopic (exact) mass is 449 g/mol. The van der Waals surface area contributed by atoms with Crippen molar-refractivity contribution >= 4 is 42.1 Å². The summed E-state index contributed by atoms with van der Waals surface area (Å²) >= 11 is 1.52. The van der Waals surface area contributed by atoms with Crippen LogP contribution in [0.25, 0.3) is 0 Å². The zero-order chi connectivity index (χ0) is 19.1. The van der Waals surface area contributed by atoms with Gasteiger partial charge < -0.3 is 20.1 Å². The summed E-state index contributed by atoms with van der Waals surface area (Å²) in [7, 11) is 3.35. The Morgan fingerprint density at radius 2 is 2.00 bits per heavy atom. The number of ether oxygens (including phenoxy) is 2. The Morgan fingerprint density at radius 1 is 1.29 bits per heavy atom. The van der Waals surface area contributed by atoms with E-state index < -0.39 is 0 Å². The Hall–Kier alpha value is -1.54. The first kappa shape index (κ1) is 26.5. The molecule has 0 radical (unpaired) electrons. The smallest absolute Gasteiger partial charge is 0.253 e. The average Bonchev–Trinajstić information content (AvgIpc) is 3.16. The molecule has 0 aliphatic carbocycles. The van der Waals surface area contributed by atoms with E-state index in [1.807, 2.05) is 5.38 Å². The van der Waals surface area contributed by atoms with Crippen LogP contribution in [0.2, 0.25) is 0 Å². The summed E-state index contributed by atoms with van der Waals surface area (Å²) < 4.78 is 11.1. The number of rotatable bonds is 9. The second kappa shape index (κ2) is 12.8. The zero-order valence-electron chi connectivity index (χ0n) is 16.6. The van der Waals surface area contributed by atoms with E-state index in [0.29, 0.717) is 36.1 Å². The molecule has 1 unspecified atom stereocenters. The molecule has 9 heteroatoms. The first-order valence-electron chi connectivity index (χ1n) is 8.61. The molecule has 0 spiro atoms. The molecule has 0 fully saturated rings. The SMILES string of the molecule is COc1cc(C(=O)N(C)CCC(N)C(C)C)ccc1OCc1cscn1.Cl.Cl. The van der Waals surface area contributed by atoms with Crippen LogP contribution in [-0.2, 0) is 6.61 Å². The summed E-state index contributed by atoms with van der Waals surface area (Å²) in [6, 6.07) is 5.30. The first-order chi connectivity index (χ1) is 12.4. The number of nitrogens with zero attached hydrogens (tertiary/aromatic N) is 2. The highest BCUT2D eigenvalue weighted by molar-refractivity contribution is 7.07. The second-order valence-corrected chi connectivity index (χ2v) is 7.28. The molecule has 1 atom stereocenters. The van der Waals surface area contributed by atoms with E-state index >= 15 is 0 Å². The van der Waals surface area contributed by atoms with Gasteiger partial charge in [0.1, 0.15) is 6.61 Å². The van der Waals surface area contributed by atoms with Crippen molar-refractivity contribution in [3.05, 3.63) is 40.3 Å². The largest absolute Gasteiger partial charge is 0.493 e. The highest BCUT2D eigenvalue weighted by Crippen LogP contribution is 2.29. The standard InChI is InChI=1S/C19H27N3O3S.2ClH/c1-13(2)16(20)7-8-22(3)19(23)14-5-6-17(18(9-14)24-4)25-10-15-11-26-12-21-15;;/h5-6,9,11-13,16H,7-8,10,20H2,1-4H3;2*1H. The number of hydrogen-bond acceptors (Lipinski definition) is 6. The van der Waals surface area contributed by atoms with Gasteiger partial charge in [-0.1, -0.05) is 13.8 Å². The van der Waals surface area contributed by atoms with Gasteiger partial charge >= 0.3 is 0 Å². The summed E-state index contributed by atoms with van der Waals surface area (Å²) in [5.41, 5.74) is 9.24. The van der Waals surface area contributed by atoms with Crippen LogP contribution in [0.5, 0.6) is 11.5 Å². The zero-order valence-corrected chi connectivity index (χ0v) is 19.0. The lowest BCUT2D eigenvalue weighted by Gasteiger charge is -2.22. The molecule has 0 saturated heterocycles. The fourth-order valence-corrected chi connectivity index (χ4v) is 2.92. The van der Waals surface area contributed by atoms with Gasteiger partial charge in [0.05, 0.1) is 18.3 Å². The normalized spacial score (nSPS) is 11.2. The number of methoxy groups -OCH3 is 1. The van der Waals surface area contributed by atoms with Crippen LogP contribution in [-0.4, -0.2) is 42.5 Å². The predicted molar refractivity (Wildman–Crippen MR) is 118 cm³/mol. The molecule has 1 aromatic heterocycles. The van der Waals surface area contributed by atoms with Gasteiger partial charge in [-0.05, 0) is 30.5 Å². The topological polar surface area (TPSA) is 77.7 Å². The summed E-state index contributed by atoms with van der Waals surface area (Å²) in [5.74, 6) is 1.44. The van der Waals surface area contributed by atoms with Gasteiger partial charge in [0, 0.05) is 30.6 Å². The lowest BCUT2D eigenvalue weighted by Crippen LogP contribution is -2.34. The maximum Gasteiger partial charge on any atom is 0.253 e. The van der Waals surface area contributed by atoms with E-state index in [4.69, 9.17) is 15.2 Å². The molecular weight excluding hydrogens is 421 g/mol. The van der Waals surface area contributed by atoms with Crippen LogP contribution in [0.15, 0.2) is 29.1 Å². The number of carbonyl (C=O) groups is 1. The van der Waals surface area contributed by atoms with Crippen molar-refractivity contribution in [3.63, 3.8) is 0 Å². The summed E-state index contributed by atoms with van der Waals surface area (Å²) in [4.78, 5) is 18.5. The molecule has 1 aromatic carbocycles. The van der Waals surface area contributed by atoms with Crippen molar-refractivity contribution in [1.29, 1.82) is 0 Å². The maximum absolute atomic E-state index is 12.6. The number of amides is 1. The van der Waals surface area contributed by atoms with Gasteiger partial charge in [0.15, 0.2) is 11.5 Å². The van der Waals surface area contributed by atoms with Gasteiger partial charge in [-0.25, -0.2) is 4.98 Å². The van der Waals surface area contributed by atoms with E-state index in [9.17, 15) is 4.79 Å².